The van der Waals surface area contributed by atoms with Crippen LogP contribution in [-0.4, -0.2) is 42.7 Å². The van der Waals surface area contributed by atoms with Gasteiger partial charge in [0.15, 0.2) is 5.82 Å². The quantitative estimate of drug-likeness (QED) is 0.346. The fourth-order valence-corrected chi connectivity index (χ4v) is 7.48. The van der Waals surface area contributed by atoms with E-state index in [0.717, 1.165) is 22.4 Å². The Morgan fingerprint density at radius 1 is 1.07 bits per heavy atom. The van der Waals surface area contributed by atoms with Gasteiger partial charge in [0.1, 0.15) is 17.1 Å². The van der Waals surface area contributed by atoms with Crippen molar-refractivity contribution in [3.63, 3.8) is 0 Å². The van der Waals surface area contributed by atoms with Crippen LogP contribution in [0, 0.1) is 0 Å². The molecule has 8 rings (SSSR count). The number of anilines is 1. The Morgan fingerprint density at radius 3 is 2.61 bits per heavy atom. The molecular formula is C32H28F3N7O2. The van der Waals surface area contributed by atoms with Crippen molar-refractivity contribution in [2.24, 2.45) is 0 Å². The van der Waals surface area contributed by atoms with Crippen molar-refractivity contribution in [1.29, 1.82) is 0 Å². The Morgan fingerprint density at radius 2 is 1.86 bits per heavy atom. The molecule has 2 aliphatic carbocycles. The van der Waals surface area contributed by atoms with E-state index < -0.39 is 29.0 Å². The van der Waals surface area contributed by atoms with Crippen molar-refractivity contribution >= 4 is 17.6 Å². The summed E-state index contributed by atoms with van der Waals surface area (Å²) in [6.07, 6.45) is -0.161. The van der Waals surface area contributed by atoms with E-state index in [2.05, 4.69) is 30.8 Å². The molecule has 224 valence electrons. The predicted molar refractivity (Wildman–Crippen MR) is 152 cm³/mol. The van der Waals surface area contributed by atoms with E-state index >= 15 is 0 Å². The molecule has 12 heteroatoms. The molecule has 1 saturated carbocycles. The van der Waals surface area contributed by atoms with Gasteiger partial charge in [0.05, 0.1) is 17.0 Å². The number of pyridine rings is 2. The topological polar surface area (TPSA) is 115 Å². The summed E-state index contributed by atoms with van der Waals surface area (Å²) in [7, 11) is 0. The molecule has 1 aromatic carbocycles. The molecule has 2 aliphatic heterocycles. The van der Waals surface area contributed by atoms with Crippen LogP contribution in [0.25, 0.3) is 0 Å². The summed E-state index contributed by atoms with van der Waals surface area (Å²) < 4.78 is 44.3. The first kappa shape index (κ1) is 27.0. The molecule has 9 nitrogen and oxygen atoms in total. The Bertz CT molecular complexity index is 1830. The van der Waals surface area contributed by atoms with Gasteiger partial charge in [0.25, 0.3) is 5.91 Å². The summed E-state index contributed by atoms with van der Waals surface area (Å²) in [6, 6.07) is 14.0. The molecule has 4 atom stereocenters. The lowest BCUT2D eigenvalue weighted by Gasteiger charge is -2.37. The van der Waals surface area contributed by atoms with E-state index in [-0.39, 0.29) is 36.5 Å². The fourth-order valence-electron chi connectivity index (χ4n) is 7.48. The minimum atomic E-state index is -4.45. The maximum atomic E-state index is 14.2. The minimum Gasteiger partial charge on any atom is -0.342 e. The number of carbonyl (C=O) groups excluding carboxylic acids is 2. The summed E-state index contributed by atoms with van der Waals surface area (Å²) in [5.41, 5.74) is 0.808. The zero-order chi connectivity index (χ0) is 30.4. The third kappa shape index (κ3) is 3.78. The third-order valence-corrected chi connectivity index (χ3v) is 10.0. The number of rotatable bonds is 4. The van der Waals surface area contributed by atoms with E-state index in [1.165, 1.54) is 6.20 Å². The summed E-state index contributed by atoms with van der Waals surface area (Å²) >= 11 is 0. The number of fused-ring (bicyclic) bond motifs is 4. The highest BCUT2D eigenvalue weighted by atomic mass is 19.4. The number of aromatic nitrogens is 5. The molecule has 4 aromatic rings. The van der Waals surface area contributed by atoms with Crippen molar-refractivity contribution in [1.82, 2.24) is 30.0 Å². The number of hydrogen-bond donors (Lipinski definition) is 2. The summed E-state index contributed by atoms with van der Waals surface area (Å²) in [5.74, 6) is 0.0504. The molecule has 0 radical (unpaired) electrons. The second-order valence-electron chi connectivity index (χ2n) is 12.5. The maximum absolute atomic E-state index is 14.2. The minimum absolute atomic E-state index is 0.0325. The molecule has 1 spiro atoms. The van der Waals surface area contributed by atoms with Crippen molar-refractivity contribution in [2.45, 2.75) is 74.0 Å². The van der Waals surface area contributed by atoms with E-state index in [4.69, 9.17) is 0 Å². The van der Waals surface area contributed by atoms with Crippen LogP contribution in [0.2, 0.25) is 0 Å². The van der Waals surface area contributed by atoms with Gasteiger partial charge in [-0.15, -0.1) is 10.2 Å². The van der Waals surface area contributed by atoms with E-state index in [1.807, 2.05) is 43.3 Å². The second-order valence-corrected chi connectivity index (χ2v) is 12.5. The number of halogens is 3. The van der Waals surface area contributed by atoms with Crippen LogP contribution in [0.5, 0.6) is 0 Å². The third-order valence-electron chi connectivity index (χ3n) is 10.0. The Hall–Kier alpha value is -4.61. The predicted octanol–water partition coefficient (Wildman–Crippen LogP) is 4.87. The van der Waals surface area contributed by atoms with Crippen molar-refractivity contribution in [3.8, 4) is 0 Å². The van der Waals surface area contributed by atoms with Crippen molar-refractivity contribution < 1.29 is 22.8 Å². The number of amides is 2. The number of carbonyl (C=O) groups is 2. The van der Waals surface area contributed by atoms with Crippen LogP contribution < -0.4 is 10.6 Å². The number of benzene rings is 1. The highest BCUT2D eigenvalue weighted by Crippen LogP contribution is 2.60. The molecule has 0 bridgehead atoms. The zero-order valence-electron chi connectivity index (χ0n) is 23.7. The van der Waals surface area contributed by atoms with Crippen LogP contribution in [-0.2, 0) is 28.5 Å². The SMILES string of the molecule is CC1[C@H](c2ccccc2)C[C@H](NC(=O)c2cnc3c(c2)CC2(C3)C(=O)Nc3ncccc32)c2nnc(C3(C(F)(F)F)CC3)n21. The average Bonchev–Trinajstić information content (AvgIpc) is 3.44. The number of nitrogens with zero attached hydrogens (tertiary/aromatic N) is 5. The van der Waals surface area contributed by atoms with Crippen LogP contribution in [0.4, 0.5) is 19.0 Å². The van der Waals surface area contributed by atoms with Crippen LogP contribution in [0.1, 0.15) is 88.6 Å². The van der Waals surface area contributed by atoms with Crippen LogP contribution >= 0.6 is 0 Å². The van der Waals surface area contributed by atoms with Gasteiger partial charge in [-0.1, -0.05) is 36.4 Å². The van der Waals surface area contributed by atoms with Gasteiger partial charge in [-0.05, 0) is 55.9 Å². The lowest BCUT2D eigenvalue weighted by molar-refractivity contribution is -0.163. The van der Waals surface area contributed by atoms with Gasteiger partial charge in [-0.3, -0.25) is 14.6 Å². The largest absolute Gasteiger partial charge is 0.401 e. The monoisotopic (exact) mass is 599 g/mol. The average molecular weight is 600 g/mol. The first-order valence-electron chi connectivity index (χ1n) is 14.7. The number of alkyl halides is 3. The standard InChI is InChI=1S/C32H28F3N7O2/c1-17-21(18-6-3-2-4-7-18)13-23(26-40-41-28(42(17)26)31(9-10-31)32(33,34)35)38-27(43)20-12-19-14-30(15-24(19)37-16-20)22-8-5-11-36-25(22)39-29(30)44/h2-8,11-12,16-17,21,23H,9-10,13-15H2,1H3,(H,38,43)(H,36,39,44)/t17?,21-,23+,30?/m1/s1. The molecule has 0 saturated heterocycles. The van der Waals surface area contributed by atoms with Crippen LogP contribution in [0.15, 0.2) is 60.9 Å². The lowest BCUT2D eigenvalue weighted by atomic mass is 9.80. The highest BCUT2D eigenvalue weighted by Gasteiger charge is 2.68. The highest BCUT2D eigenvalue weighted by molar-refractivity contribution is 6.06. The molecule has 2 amide bonds. The number of nitrogens with one attached hydrogen (secondary N) is 2. The van der Waals surface area contributed by atoms with Gasteiger partial charge in [-0.25, -0.2) is 4.98 Å². The van der Waals surface area contributed by atoms with E-state index in [0.29, 0.717) is 36.5 Å². The Balaban J connectivity index is 1.12. The van der Waals surface area contributed by atoms with E-state index in [1.54, 1.807) is 22.9 Å². The summed E-state index contributed by atoms with van der Waals surface area (Å²) in [6.45, 7) is 1.89. The smallest absolute Gasteiger partial charge is 0.342 e. The zero-order valence-corrected chi connectivity index (χ0v) is 23.7. The fraction of sp³-hybridized carbons (Fsp3) is 0.375. The van der Waals surface area contributed by atoms with Crippen molar-refractivity contribution in [3.05, 3.63) is 101 Å². The number of hydrogen-bond acceptors (Lipinski definition) is 6. The molecular weight excluding hydrogens is 571 g/mol. The summed E-state index contributed by atoms with van der Waals surface area (Å²) in [4.78, 5) is 35.7. The molecule has 44 heavy (non-hydrogen) atoms. The van der Waals surface area contributed by atoms with E-state index in [9.17, 15) is 22.8 Å². The molecule has 3 aromatic heterocycles. The molecule has 4 aliphatic rings. The van der Waals surface area contributed by atoms with Gasteiger partial charge < -0.3 is 15.2 Å². The molecule has 2 N–H and O–H groups in total. The lowest BCUT2D eigenvalue weighted by Crippen LogP contribution is -2.39. The Kier molecular flexibility index (Phi) is 5.64. The second kappa shape index (κ2) is 9.20. The van der Waals surface area contributed by atoms with Crippen molar-refractivity contribution in [2.75, 3.05) is 5.32 Å². The van der Waals surface area contributed by atoms with Crippen LogP contribution in [0.3, 0.4) is 0 Å². The van der Waals surface area contributed by atoms with Gasteiger partial charge in [0, 0.05) is 42.0 Å². The molecule has 2 unspecified atom stereocenters. The van der Waals surface area contributed by atoms with Gasteiger partial charge >= 0.3 is 6.18 Å². The van der Waals surface area contributed by atoms with Gasteiger partial charge in [-0.2, -0.15) is 13.2 Å². The molecule has 5 heterocycles. The first-order valence-corrected chi connectivity index (χ1v) is 14.7. The first-order chi connectivity index (χ1) is 21.1. The normalized spacial score (nSPS) is 26.1. The van der Waals surface area contributed by atoms with Gasteiger partial charge in [0.2, 0.25) is 5.91 Å². The summed E-state index contributed by atoms with van der Waals surface area (Å²) in [5, 5.41) is 14.3. The Labute approximate surface area is 250 Å². The maximum Gasteiger partial charge on any atom is 0.401 e. The molecule has 1 fully saturated rings.